The SMILES string of the molecule is Cc1ccccc1N(c1ccc2c(c1)C1(CCCCC1)c1cc(C=Cc3ccc4c(c3)C(C)(C)c3cc(C=Cc5ccc6c(c5)C5(CCCCC5)c5cc(N(c7ccccc7C)c7ccccc7C)ccc5-6)ccc3-4)ccc1-2)c1ccccc1C. The first kappa shape index (κ1) is 53.0. The molecule has 0 aromatic heterocycles. The topological polar surface area (TPSA) is 6.48 Å². The Hall–Kier alpha value is -8.72. The monoisotopic (exact) mass is 1100 g/mol. The first-order valence-corrected chi connectivity index (χ1v) is 31.6. The van der Waals surface area contributed by atoms with Crippen LogP contribution in [0.3, 0.4) is 0 Å². The third-order valence-corrected chi connectivity index (χ3v) is 20.8. The molecule has 15 rings (SSSR count). The van der Waals surface area contributed by atoms with Gasteiger partial charge in [-0.3, -0.25) is 0 Å². The van der Waals surface area contributed by atoms with Gasteiger partial charge in [-0.15, -0.1) is 0 Å². The van der Waals surface area contributed by atoms with Crippen molar-refractivity contribution in [2.45, 2.75) is 122 Å². The summed E-state index contributed by atoms with van der Waals surface area (Å²) in [5, 5.41) is 0. The van der Waals surface area contributed by atoms with Gasteiger partial charge in [-0.05, 0) is 213 Å². The predicted molar refractivity (Wildman–Crippen MR) is 362 cm³/mol. The molecule has 10 aromatic carbocycles. The maximum atomic E-state index is 2.56. The highest BCUT2D eigenvalue weighted by atomic mass is 15.2. The Morgan fingerprint density at radius 1 is 0.282 bits per heavy atom. The van der Waals surface area contributed by atoms with Crippen LogP contribution >= 0.6 is 0 Å². The van der Waals surface area contributed by atoms with Gasteiger partial charge in [-0.2, -0.15) is 0 Å². The zero-order chi connectivity index (χ0) is 57.6. The lowest BCUT2D eigenvalue weighted by Crippen LogP contribution is -2.28. The number of nitrogens with zero attached hydrogens (tertiary/aromatic N) is 2. The molecular formula is C83H76N2. The van der Waals surface area contributed by atoms with E-state index in [2.05, 4.69) is 282 Å². The third-order valence-electron chi connectivity index (χ3n) is 20.8. The normalized spacial score (nSPS) is 16.3. The van der Waals surface area contributed by atoms with Crippen LogP contribution in [0, 0.1) is 27.7 Å². The highest BCUT2D eigenvalue weighted by molar-refractivity contribution is 5.91. The fraction of sp³-hybridized carbons (Fsp3) is 0.229. The van der Waals surface area contributed by atoms with Crippen molar-refractivity contribution in [1.82, 2.24) is 0 Å². The van der Waals surface area contributed by atoms with Crippen LogP contribution in [-0.4, -0.2) is 0 Å². The number of benzene rings is 10. The van der Waals surface area contributed by atoms with E-state index in [1.54, 1.807) is 0 Å². The van der Waals surface area contributed by atoms with Gasteiger partial charge in [0.25, 0.3) is 0 Å². The maximum Gasteiger partial charge on any atom is 0.0490 e. The van der Waals surface area contributed by atoms with E-state index in [0.717, 1.165) is 0 Å². The molecule has 0 radical (unpaired) electrons. The molecular weight excluding hydrogens is 1020 g/mol. The molecule has 0 bridgehead atoms. The van der Waals surface area contributed by atoms with Crippen LogP contribution in [0.5, 0.6) is 0 Å². The Morgan fingerprint density at radius 3 is 0.847 bits per heavy atom. The molecule has 418 valence electrons. The van der Waals surface area contributed by atoms with Crippen molar-refractivity contribution < 1.29 is 0 Å². The summed E-state index contributed by atoms with van der Waals surface area (Å²) in [6.45, 7) is 13.8. The second kappa shape index (κ2) is 20.8. The quantitative estimate of drug-likeness (QED) is 0.126. The summed E-state index contributed by atoms with van der Waals surface area (Å²) in [6.07, 6.45) is 21.8. The fourth-order valence-electron chi connectivity index (χ4n) is 16.3. The molecule has 0 saturated heterocycles. The van der Waals surface area contributed by atoms with E-state index < -0.39 is 0 Å². The van der Waals surface area contributed by atoms with Gasteiger partial charge >= 0.3 is 0 Å². The Kier molecular flexibility index (Phi) is 13.0. The van der Waals surface area contributed by atoms with Crippen LogP contribution in [-0.2, 0) is 16.2 Å². The van der Waals surface area contributed by atoms with Crippen molar-refractivity contribution in [2.24, 2.45) is 0 Å². The molecule has 0 N–H and O–H groups in total. The van der Waals surface area contributed by atoms with Gasteiger partial charge in [-0.25, -0.2) is 0 Å². The maximum absolute atomic E-state index is 2.56. The van der Waals surface area contributed by atoms with Crippen molar-refractivity contribution in [1.29, 1.82) is 0 Å². The lowest BCUT2D eigenvalue weighted by molar-refractivity contribution is 0.353. The van der Waals surface area contributed by atoms with Crippen molar-refractivity contribution in [3.8, 4) is 33.4 Å². The van der Waals surface area contributed by atoms with E-state index in [-0.39, 0.29) is 16.2 Å². The predicted octanol–water partition coefficient (Wildman–Crippen LogP) is 23.0. The van der Waals surface area contributed by atoms with Crippen LogP contribution in [0.2, 0.25) is 0 Å². The molecule has 0 unspecified atom stereocenters. The summed E-state index contributed by atoms with van der Waals surface area (Å²) >= 11 is 0. The second-order valence-corrected chi connectivity index (χ2v) is 26.1. The summed E-state index contributed by atoms with van der Waals surface area (Å²) in [5.74, 6) is 0. The molecule has 10 aromatic rings. The number of para-hydroxylation sites is 4. The highest BCUT2D eigenvalue weighted by Crippen LogP contribution is 2.60. The van der Waals surface area contributed by atoms with Crippen molar-refractivity contribution in [3.63, 3.8) is 0 Å². The zero-order valence-electron chi connectivity index (χ0n) is 50.4. The number of hydrogen-bond donors (Lipinski definition) is 0. The van der Waals surface area contributed by atoms with Crippen LogP contribution < -0.4 is 9.80 Å². The van der Waals surface area contributed by atoms with E-state index >= 15 is 0 Å². The molecule has 0 atom stereocenters. The number of rotatable bonds is 10. The molecule has 2 fully saturated rings. The molecule has 0 heterocycles. The van der Waals surface area contributed by atoms with E-state index in [0.29, 0.717) is 0 Å². The first-order valence-electron chi connectivity index (χ1n) is 31.6. The molecule has 2 heteroatoms. The molecule has 0 amide bonds. The fourth-order valence-corrected chi connectivity index (χ4v) is 16.3. The minimum atomic E-state index is -0.141. The Labute approximate surface area is 504 Å². The Morgan fingerprint density at radius 2 is 0.541 bits per heavy atom. The van der Waals surface area contributed by atoms with E-state index in [4.69, 9.17) is 0 Å². The van der Waals surface area contributed by atoms with Crippen molar-refractivity contribution in [2.75, 3.05) is 9.80 Å². The molecule has 2 nitrogen and oxygen atoms in total. The van der Waals surface area contributed by atoms with E-state index in [1.165, 1.54) is 210 Å². The van der Waals surface area contributed by atoms with Crippen LogP contribution in [0.1, 0.15) is 156 Å². The Balaban J connectivity index is 0.697. The van der Waals surface area contributed by atoms with Crippen molar-refractivity contribution in [3.05, 3.63) is 284 Å². The zero-order valence-corrected chi connectivity index (χ0v) is 50.4. The molecule has 2 spiro atoms. The van der Waals surface area contributed by atoms with Gasteiger partial charge in [0.2, 0.25) is 0 Å². The second-order valence-electron chi connectivity index (χ2n) is 26.1. The number of fused-ring (bicyclic) bond motifs is 13. The lowest BCUT2D eigenvalue weighted by Gasteiger charge is -2.37. The van der Waals surface area contributed by atoms with Crippen LogP contribution in [0.15, 0.2) is 206 Å². The average molecular weight is 1100 g/mol. The minimum absolute atomic E-state index is 0.00801. The minimum Gasteiger partial charge on any atom is -0.310 e. The summed E-state index contributed by atoms with van der Waals surface area (Å²) in [6, 6.07) is 79.0. The molecule has 5 aliphatic carbocycles. The number of aryl methyl sites for hydroxylation is 4. The van der Waals surface area contributed by atoms with Gasteiger partial charge < -0.3 is 9.80 Å². The molecule has 0 aliphatic heterocycles. The van der Waals surface area contributed by atoms with Gasteiger partial charge in [-0.1, -0.05) is 234 Å². The van der Waals surface area contributed by atoms with Gasteiger partial charge in [0, 0.05) is 50.4 Å². The molecule has 85 heavy (non-hydrogen) atoms. The van der Waals surface area contributed by atoms with Gasteiger partial charge in [0.05, 0.1) is 0 Å². The third kappa shape index (κ3) is 8.72. The largest absolute Gasteiger partial charge is 0.310 e. The summed E-state index contributed by atoms with van der Waals surface area (Å²) < 4.78 is 0. The standard InChI is InChI=1S/C83H76N2/c1-55-21-9-13-25-77(55)84(78-26-14-10-22-56(78)2)63-37-43-69-67-41-35-61(51-73(67)82(75(69)53-63)45-17-7-18-46-82)31-29-59-33-39-65-66-40-34-60(50-72(66)81(5,6)71(65)49-59)30-32-62-36-42-68-70-44-38-64(54-76(70)83(74(68)52-62)47-19-8-20-48-83)85(79-27-15-11-23-57(79)3)80-28-16-12-24-58(80)4/h9-16,21-44,49-54H,7-8,17-20,45-48H2,1-6H3. The van der Waals surface area contributed by atoms with Crippen LogP contribution in [0.4, 0.5) is 34.1 Å². The lowest BCUT2D eigenvalue weighted by atomic mass is 9.67. The molecule has 5 aliphatic rings. The van der Waals surface area contributed by atoms with Gasteiger partial charge in [0.1, 0.15) is 0 Å². The average Bonchev–Trinajstić information content (AvgIpc) is 1.72. The first-order chi connectivity index (χ1) is 41.5. The van der Waals surface area contributed by atoms with Crippen molar-refractivity contribution >= 4 is 58.4 Å². The molecule has 2 saturated carbocycles. The van der Waals surface area contributed by atoms with E-state index in [1.807, 2.05) is 0 Å². The van der Waals surface area contributed by atoms with Gasteiger partial charge in [0.15, 0.2) is 0 Å². The number of hydrogen-bond acceptors (Lipinski definition) is 2. The van der Waals surface area contributed by atoms with E-state index in [9.17, 15) is 0 Å². The summed E-state index contributed by atoms with van der Waals surface area (Å²) in [7, 11) is 0. The smallest absolute Gasteiger partial charge is 0.0490 e. The van der Waals surface area contributed by atoms with Crippen LogP contribution in [0.25, 0.3) is 57.7 Å². The highest BCUT2D eigenvalue weighted by Gasteiger charge is 2.46. The number of anilines is 6. The Bertz CT molecular complexity index is 3990. The summed E-state index contributed by atoms with van der Waals surface area (Å²) in [4.78, 5) is 4.99. The summed E-state index contributed by atoms with van der Waals surface area (Å²) in [5.41, 5.74) is 34.6.